The molecule has 2 rings (SSSR count). The van der Waals surface area contributed by atoms with Gasteiger partial charge < -0.3 is 5.73 Å². The zero-order chi connectivity index (χ0) is 9.26. The van der Waals surface area contributed by atoms with Gasteiger partial charge in [0, 0.05) is 5.02 Å². The highest BCUT2D eigenvalue weighted by Crippen LogP contribution is 2.13. The van der Waals surface area contributed by atoms with Gasteiger partial charge in [0.25, 0.3) is 0 Å². The van der Waals surface area contributed by atoms with Gasteiger partial charge in [-0.1, -0.05) is 17.7 Å². The molecule has 0 bridgehead atoms. The summed E-state index contributed by atoms with van der Waals surface area (Å²) in [5, 5.41) is 4.61. The van der Waals surface area contributed by atoms with E-state index in [1.165, 1.54) is 0 Å². The first kappa shape index (κ1) is 8.07. The lowest BCUT2D eigenvalue weighted by Crippen LogP contribution is -1.95. The quantitative estimate of drug-likeness (QED) is 0.749. The van der Waals surface area contributed by atoms with Crippen molar-refractivity contribution in [3.8, 4) is 5.69 Å². The minimum Gasteiger partial charge on any atom is -0.366 e. The van der Waals surface area contributed by atoms with Gasteiger partial charge in [0.05, 0.1) is 5.69 Å². The Morgan fingerprint density at radius 2 is 2.23 bits per heavy atom. The maximum atomic E-state index is 5.81. The molecular weight excluding hydrogens is 188 g/mol. The molecule has 1 aromatic heterocycles. The van der Waals surface area contributed by atoms with Crippen LogP contribution in [-0.2, 0) is 0 Å². The van der Waals surface area contributed by atoms with Gasteiger partial charge in [-0.15, -0.1) is 5.10 Å². The highest BCUT2D eigenvalue weighted by Gasteiger charge is 1.99. The predicted octanol–water partition coefficient (Wildman–Crippen LogP) is 1.50. The van der Waals surface area contributed by atoms with E-state index in [0.29, 0.717) is 5.02 Å². The van der Waals surface area contributed by atoms with E-state index >= 15 is 0 Å². The van der Waals surface area contributed by atoms with Crippen molar-refractivity contribution in [2.75, 3.05) is 5.73 Å². The number of nitrogen functional groups attached to an aromatic ring is 1. The van der Waals surface area contributed by atoms with Crippen molar-refractivity contribution in [3.63, 3.8) is 0 Å². The number of benzene rings is 1. The largest absolute Gasteiger partial charge is 0.366 e. The number of nitrogens with zero attached hydrogens (tertiary/aromatic N) is 3. The molecule has 0 radical (unpaired) electrons. The predicted molar refractivity (Wildman–Crippen MR) is 50.8 cm³/mol. The molecule has 0 amide bonds. The average Bonchev–Trinajstić information content (AvgIpc) is 2.52. The molecule has 0 unspecified atom stereocenters. The molecule has 2 N–H and O–H groups in total. The summed E-state index contributed by atoms with van der Waals surface area (Å²) in [4.78, 5) is 3.81. The van der Waals surface area contributed by atoms with Gasteiger partial charge in [0.1, 0.15) is 6.33 Å². The summed E-state index contributed by atoms with van der Waals surface area (Å²) >= 11 is 5.81. The first-order chi connectivity index (χ1) is 6.25. The molecule has 66 valence electrons. The molecule has 13 heavy (non-hydrogen) atoms. The van der Waals surface area contributed by atoms with Crippen molar-refractivity contribution >= 4 is 17.5 Å². The molecule has 0 spiro atoms. The van der Waals surface area contributed by atoms with Crippen molar-refractivity contribution in [1.82, 2.24) is 14.8 Å². The molecule has 1 heterocycles. The monoisotopic (exact) mass is 194 g/mol. The zero-order valence-corrected chi connectivity index (χ0v) is 7.44. The Balaban J connectivity index is 2.46. The van der Waals surface area contributed by atoms with E-state index in [0.717, 1.165) is 5.69 Å². The second kappa shape index (κ2) is 3.06. The van der Waals surface area contributed by atoms with Crippen LogP contribution in [-0.4, -0.2) is 14.8 Å². The van der Waals surface area contributed by atoms with Crippen LogP contribution in [0.3, 0.4) is 0 Å². The van der Waals surface area contributed by atoms with E-state index in [1.54, 1.807) is 23.1 Å². The normalized spacial score (nSPS) is 10.2. The number of hydrogen-bond donors (Lipinski definition) is 1. The van der Waals surface area contributed by atoms with Crippen molar-refractivity contribution < 1.29 is 0 Å². The van der Waals surface area contributed by atoms with Crippen molar-refractivity contribution in [2.45, 2.75) is 0 Å². The molecule has 4 nitrogen and oxygen atoms in total. The Labute approximate surface area is 80.0 Å². The topological polar surface area (TPSA) is 56.7 Å². The summed E-state index contributed by atoms with van der Waals surface area (Å²) in [5.74, 6) is 0.250. The summed E-state index contributed by atoms with van der Waals surface area (Å²) in [6.07, 6.45) is 1.54. The number of halogens is 1. The zero-order valence-electron chi connectivity index (χ0n) is 6.68. The Hall–Kier alpha value is -1.55. The van der Waals surface area contributed by atoms with E-state index < -0.39 is 0 Å². The van der Waals surface area contributed by atoms with Crippen LogP contribution < -0.4 is 5.73 Å². The van der Waals surface area contributed by atoms with Gasteiger partial charge in [-0.3, -0.25) is 0 Å². The first-order valence-corrected chi connectivity index (χ1v) is 4.06. The summed E-state index contributed by atoms with van der Waals surface area (Å²) < 4.78 is 1.57. The van der Waals surface area contributed by atoms with E-state index in [-0.39, 0.29) is 5.95 Å². The van der Waals surface area contributed by atoms with Crippen LogP contribution in [0.5, 0.6) is 0 Å². The fraction of sp³-hybridized carbons (Fsp3) is 0. The van der Waals surface area contributed by atoms with E-state index in [2.05, 4.69) is 10.1 Å². The molecular formula is C8H7ClN4. The molecule has 0 aliphatic rings. The highest BCUT2D eigenvalue weighted by atomic mass is 35.5. The Morgan fingerprint density at radius 3 is 2.85 bits per heavy atom. The number of nitrogens with two attached hydrogens (primary N) is 1. The molecule has 0 fully saturated rings. The van der Waals surface area contributed by atoms with Gasteiger partial charge in [0.2, 0.25) is 5.95 Å². The number of aromatic nitrogens is 3. The van der Waals surface area contributed by atoms with Crippen molar-refractivity contribution in [3.05, 3.63) is 35.6 Å². The van der Waals surface area contributed by atoms with Gasteiger partial charge in [-0.2, -0.15) is 0 Å². The van der Waals surface area contributed by atoms with Crippen LogP contribution in [0.2, 0.25) is 5.02 Å². The van der Waals surface area contributed by atoms with E-state index in [4.69, 9.17) is 17.3 Å². The Bertz CT molecular complexity index is 424. The van der Waals surface area contributed by atoms with Crippen LogP contribution in [0, 0.1) is 0 Å². The maximum absolute atomic E-state index is 5.81. The number of hydrogen-bond acceptors (Lipinski definition) is 3. The Morgan fingerprint density at radius 1 is 1.38 bits per heavy atom. The third kappa shape index (κ3) is 1.62. The molecule has 0 saturated heterocycles. The van der Waals surface area contributed by atoms with Crippen LogP contribution >= 0.6 is 11.6 Å². The molecule has 0 aliphatic carbocycles. The minimum atomic E-state index is 0.250. The van der Waals surface area contributed by atoms with Crippen LogP contribution in [0.1, 0.15) is 0 Å². The van der Waals surface area contributed by atoms with Gasteiger partial charge >= 0.3 is 0 Å². The molecule has 0 aliphatic heterocycles. The Kier molecular flexibility index (Phi) is 1.90. The lowest BCUT2D eigenvalue weighted by molar-refractivity contribution is 0.883. The van der Waals surface area contributed by atoms with Crippen LogP contribution in [0.4, 0.5) is 5.95 Å². The SMILES string of the molecule is Nc1ncn(-c2cccc(Cl)c2)n1. The smallest absolute Gasteiger partial charge is 0.239 e. The summed E-state index contributed by atoms with van der Waals surface area (Å²) in [6, 6.07) is 7.30. The van der Waals surface area contributed by atoms with Crippen LogP contribution in [0.15, 0.2) is 30.6 Å². The molecule has 2 aromatic rings. The molecule has 0 atom stereocenters. The second-order valence-electron chi connectivity index (χ2n) is 2.53. The lowest BCUT2D eigenvalue weighted by atomic mass is 10.3. The summed E-state index contributed by atoms with van der Waals surface area (Å²) in [5.41, 5.74) is 6.22. The number of rotatable bonds is 1. The first-order valence-electron chi connectivity index (χ1n) is 3.69. The third-order valence-electron chi connectivity index (χ3n) is 1.58. The number of anilines is 1. The summed E-state index contributed by atoms with van der Waals surface area (Å²) in [7, 11) is 0. The van der Waals surface area contributed by atoms with E-state index in [9.17, 15) is 0 Å². The average molecular weight is 195 g/mol. The van der Waals surface area contributed by atoms with Gasteiger partial charge in [0.15, 0.2) is 0 Å². The van der Waals surface area contributed by atoms with Crippen molar-refractivity contribution in [1.29, 1.82) is 0 Å². The van der Waals surface area contributed by atoms with E-state index in [1.807, 2.05) is 12.1 Å². The minimum absolute atomic E-state index is 0.250. The van der Waals surface area contributed by atoms with Crippen LogP contribution in [0.25, 0.3) is 5.69 Å². The third-order valence-corrected chi connectivity index (χ3v) is 1.82. The maximum Gasteiger partial charge on any atom is 0.239 e. The van der Waals surface area contributed by atoms with Gasteiger partial charge in [-0.05, 0) is 18.2 Å². The molecule has 1 aromatic carbocycles. The second-order valence-corrected chi connectivity index (χ2v) is 2.96. The fourth-order valence-electron chi connectivity index (χ4n) is 1.02. The standard InChI is InChI=1S/C8H7ClN4/c9-6-2-1-3-7(4-6)13-5-11-8(10)12-13/h1-5H,(H2,10,12). The fourth-order valence-corrected chi connectivity index (χ4v) is 1.20. The molecule has 0 saturated carbocycles. The highest BCUT2D eigenvalue weighted by molar-refractivity contribution is 6.30. The van der Waals surface area contributed by atoms with Gasteiger partial charge in [-0.25, -0.2) is 9.67 Å². The lowest BCUT2D eigenvalue weighted by Gasteiger charge is -1.98. The van der Waals surface area contributed by atoms with Crippen molar-refractivity contribution in [2.24, 2.45) is 0 Å². The molecule has 5 heteroatoms. The summed E-state index contributed by atoms with van der Waals surface area (Å²) in [6.45, 7) is 0.